The van der Waals surface area contributed by atoms with Gasteiger partial charge >= 0.3 is 0 Å². The van der Waals surface area contributed by atoms with Crippen molar-refractivity contribution in [1.29, 1.82) is 0 Å². The number of benzene rings is 1. The average Bonchev–Trinajstić information content (AvgIpc) is 3.14. The number of hydrogen-bond acceptors (Lipinski definition) is 4. The van der Waals surface area contributed by atoms with Crippen LogP contribution in [0.25, 0.3) is 0 Å². The van der Waals surface area contributed by atoms with Crippen LogP contribution in [0.15, 0.2) is 34.9 Å². The Morgan fingerprint density at radius 1 is 1.30 bits per heavy atom. The summed E-state index contributed by atoms with van der Waals surface area (Å²) in [6, 6.07) is 10.8. The van der Waals surface area contributed by atoms with Gasteiger partial charge in [0, 0.05) is 12.5 Å². The summed E-state index contributed by atoms with van der Waals surface area (Å²) in [5.74, 6) is 1.57. The highest BCUT2D eigenvalue weighted by Gasteiger charge is 2.50. The molecule has 1 N–H and O–H groups in total. The molecule has 1 fully saturated rings. The molecule has 0 saturated heterocycles. The number of halogens is 1. The van der Waals surface area contributed by atoms with Crippen LogP contribution in [0.2, 0.25) is 0 Å². The summed E-state index contributed by atoms with van der Waals surface area (Å²) in [7, 11) is 1.94. The Hall–Kier alpha value is -1.39. The summed E-state index contributed by atoms with van der Waals surface area (Å²) in [5, 5.41) is 7.30. The van der Waals surface area contributed by atoms with Crippen molar-refractivity contribution in [2.24, 2.45) is 0 Å². The molecule has 1 heterocycles. The number of aromatic nitrogens is 2. The first-order valence-corrected chi connectivity index (χ1v) is 6.80. The summed E-state index contributed by atoms with van der Waals surface area (Å²) in [4.78, 5) is 4.59. The van der Waals surface area contributed by atoms with Crippen LogP contribution in [0.4, 0.5) is 0 Å². The number of nitrogens with zero attached hydrogens (tertiary/aromatic N) is 2. The van der Waals surface area contributed by atoms with Gasteiger partial charge in [-0.2, -0.15) is 4.98 Å². The summed E-state index contributed by atoms with van der Waals surface area (Å²) in [6.07, 6.45) is 2.99. The van der Waals surface area contributed by atoms with Gasteiger partial charge in [-0.25, -0.2) is 0 Å². The lowest BCUT2D eigenvalue weighted by molar-refractivity contribution is 0.354. The minimum atomic E-state index is -0.0185. The molecule has 1 aliphatic carbocycles. The molecule has 1 atom stereocenters. The van der Waals surface area contributed by atoms with Crippen molar-refractivity contribution in [3.05, 3.63) is 47.6 Å². The van der Waals surface area contributed by atoms with E-state index in [1.54, 1.807) is 0 Å². The van der Waals surface area contributed by atoms with Gasteiger partial charge in [-0.3, -0.25) is 0 Å². The Labute approximate surface area is 125 Å². The van der Waals surface area contributed by atoms with Crippen molar-refractivity contribution in [2.45, 2.75) is 37.6 Å². The molecular formula is C15H20ClN3O. The Bertz CT molecular complexity index is 551. The first-order valence-electron chi connectivity index (χ1n) is 6.80. The molecule has 1 saturated carbocycles. The van der Waals surface area contributed by atoms with Gasteiger partial charge in [-0.05, 0) is 32.4 Å². The average molecular weight is 294 g/mol. The third kappa shape index (κ3) is 2.72. The molecule has 4 nitrogen and oxygen atoms in total. The summed E-state index contributed by atoms with van der Waals surface area (Å²) in [6.45, 7) is 2.11. The Morgan fingerprint density at radius 3 is 2.60 bits per heavy atom. The van der Waals surface area contributed by atoms with E-state index in [2.05, 4.69) is 46.6 Å². The zero-order valence-electron chi connectivity index (χ0n) is 11.8. The van der Waals surface area contributed by atoms with Gasteiger partial charge in [0.15, 0.2) is 5.82 Å². The SMILES string of the molecule is CNC(C)Cc1noc(C2(c3ccccc3)CC2)n1.Cl. The molecule has 1 aromatic carbocycles. The first-order chi connectivity index (χ1) is 9.24. The fourth-order valence-corrected chi connectivity index (χ4v) is 2.42. The lowest BCUT2D eigenvalue weighted by Gasteiger charge is -2.09. The lowest BCUT2D eigenvalue weighted by atomic mass is 9.96. The molecule has 1 unspecified atom stereocenters. The highest BCUT2D eigenvalue weighted by atomic mass is 35.5. The smallest absolute Gasteiger partial charge is 0.237 e. The standard InChI is InChI=1S/C15H19N3O.ClH/c1-11(16-2)10-13-17-14(19-18-13)15(8-9-15)12-6-4-3-5-7-12;/h3-7,11,16H,8-10H2,1-2H3;1H. The second kappa shape index (κ2) is 5.94. The van der Waals surface area contributed by atoms with E-state index < -0.39 is 0 Å². The second-order valence-corrected chi connectivity index (χ2v) is 5.36. The number of likely N-dealkylation sites (N-methyl/N-ethyl adjacent to an activating group) is 1. The van der Waals surface area contributed by atoms with Crippen LogP contribution in [0, 0.1) is 0 Å². The second-order valence-electron chi connectivity index (χ2n) is 5.36. The monoisotopic (exact) mass is 293 g/mol. The molecular weight excluding hydrogens is 274 g/mol. The number of nitrogens with one attached hydrogen (secondary N) is 1. The predicted molar refractivity (Wildman–Crippen MR) is 80.2 cm³/mol. The van der Waals surface area contributed by atoms with Gasteiger partial charge in [-0.15, -0.1) is 12.4 Å². The molecule has 1 aromatic heterocycles. The van der Waals surface area contributed by atoms with Crippen molar-refractivity contribution in [3.63, 3.8) is 0 Å². The van der Waals surface area contributed by atoms with E-state index in [9.17, 15) is 0 Å². The molecule has 108 valence electrons. The third-order valence-electron chi connectivity index (χ3n) is 3.94. The van der Waals surface area contributed by atoms with E-state index in [4.69, 9.17) is 4.52 Å². The Balaban J connectivity index is 0.00000147. The maximum Gasteiger partial charge on any atom is 0.237 e. The van der Waals surface area contributed by atoms with E-state index in [0.717, 1.165) is 31.0 Å². The molecule has 1 aliphatic rings. The molecule has 2 aromatic rings. The zero-order chi connectivity index (χ0) is 13.3. The van der Waals surface area contributed by atoms with Crippen molar-refractivity contribution in [1.82, 2.24) is 15.5 Å². The van der Waals surface area contributed by atoms with Gasteiger partial charge in [0.2, 0.25) is 5.89 Å². The minimum Gasteiger partial charge on any atom is -0.338 e. The van der Waals surface area contributed by atoms with Crippen molar-refractivity contribution < 1.29 is 4.52 Å². The van der Waals surface area contributed by atoms with E-state index in [1.165, 1.54) is 5.56 Å². The lowest BCUT2D eigenvalue weighted by Crippen LogP contribution is -2.24. The van der Waals surface area contributed by atoms with Crippen molar-refractivity contribution >= 4 is 12.4 Å². The minimum absolute atomic E-state index is 0. The van der Waals surface area contributed by atoms with Gasteiger partial charge in [0.25, 0.3) is 0 Å². The quantitative estimate of drug-likeness (QED) is 0.921. The fraction of sp³-hybridized carbons (Fsp3) is 0.467. The molecule has 0 bridgehead atoms. The third-order valence-corrected chi connectivity index (χ3v) is 3.94. The van der Waals surface area contributed by atoms with Crippen LogP contribution >= 0.6 is 12.4 Å². The van der Waals surface area contributed by atoms with Crippen molar-refractivity contribution in [2.75, 3.05) is 7.05 Å². The van der Waals surface area contributed by atoms with Crippen LogP contribution in [0.3, 0.4) is 0 Å². The van der Waals surface area contributed by atoms with E-state index in [1.807, 2.05) is 13.1 Å². The topological polar surface area (TPSA) is 51.0 Å². The summed E-state index contributed by atoms with van der Waals surface area (Å²) >= 11 is 0. The van der Waals surface area contributed by atoms with Crippen LogP contribution in [0.1, 0.15) is 37.0 Å². The predicted octanol–water partition coefficient (Wildman–Crippen LogP) is 2.72. The normalized spacial score (nSPS) is 17.3. The summed E-state index contributed by atoms with van der Waals surface area (Å²) in [5.41, 5.74) is 1.27. The molecule has 3 rings (SSSR count). The number of rotatable bonds is 5. The maximum absolute atomic E-state index is 5.50. The molecule has 0 radical (unpaired) electrons. The Morgan fingerprint density at radius 2 is 2.00 bits per heavy atom. The van der Waals surface area contributed by atoms with Crippen LogP contribution < -0.4 is 5.32 Å². The van der Waals surface area contributed by atoms with E-state index >= 15 is 0 Å². The van der Waals surface area contributed by atoms with Gasteiger partial charge in [-0.1, -0.05) is 35.5 Å². The van der Waals surface area contributed by atoms with Crippen LogP contribution in [0.5, 0.6) is 0 Å². The number of hydrogen-bond donors (Lipinski definition) is 1. The Kier molecular flexibility index (Phi) is 4.45. The largest absolute Gasteiger partial charge is 0.338 e. The van der Waals surface area contributed by atoms with Crippen molar-refractivity contribution in [3.8, 4) is 0 Å². The molecule has 0 spiro atoms. The highest BCUT2D eigenvalue weighted by Crippen LogP contribution is 2.52. The van der Waals surface area contributed by atoms with Crippen LogP contribution in [-0.2, 0) is 11.8 Å². The van der Waals surface area contributed by atoms with Crippen LogP contribution in [-0.4, -0.2) is 23.2 Å². The van der Waals surface area contributed by atoms with E-state index in [-0.39, 0.29) is 17.8 Å². The summed E-state index contributed by atoms with van der Waals surface area (Å²) < 4.78 is 5.50. The van der Waals surface area contributed by atoms with E-state index in [0.29, 0.717) is 6.04 Å². The molecule has 0 amide bonds. The molecule has 0 aliphatic heterocycles. The van der Waals surface area contributed by atoms with Gasteiger partial charge in [0.05, 0.1) is 5.41 Å². The fourth-order valence-electron chi connectivity index (χ4n) is 2.42. The maximum atomic E-state index is 5.50. The van der Waals surface area contributed by atoms with Gasteiger partial charge in [0.1, 0.15) is 0 Å². The highest BCUT2D eigenvalue weighted by molar-refractivity contribution is 5.85. The van der Waals surface area contributed by atoms with Gasteiger partial charge < -0.3 is 9.84 Å². The first kappa shape index (κ1) is 15.0. The molecule has 5 heteroatoms. The molecule has 20 heavy (non-hydrogen) atoms. The zero-order valence-corrected chi connectivity index (χ0v) is 12.6.